The molecule has 0 spiro atoms. The molecule has 0 bridgehead atoms. The molecular formula is C13H10Cl3FN4O. The molecule has 2 aromatic rings. The van der Waals surface area contributed by atoms with E-state index in [0.29, 0.717) is 31.0 Å². The molecule has 1 aliphatic heterocycles. The van der Waals surface area contributed by atoms with Crippen molar-refractivity contribution in [3.63, 3.8) is 0 Å². The van der Waals surface area contributed by atoms with Crippen molar-refractivity contribution < 1.29 is 9.13 Å². The monoisotopic (exact) mass is 362 g/mol. The molecular weight excluding hydrogens is 354 g/mol. The SMILES string of the molecule is Fc1c(Cl)ncc2c(N3CCOC[C@@H]4C3[C@H]4Cl)nc(Cl)nc12. The fourth-order valence-corrected chi connectivity index (χ4v) is 3.66. The normalized spacial score (nSPS) is 27.6. The van der Waals surface area contributed by atoms with Crippen LogP contribution < -0.4 is 4.90 Å². The highest BCUT2D eigenvalue weighted by atomic mass is 35.5. The van der Waals surface area contributed by atoms with Crippen molar-refractivity contribution >= 4 is 51.5 Å². The Bertz CT molecular complexity index is 762. The maximum atomic E-state index is 14.2. The van der Waals surface area contributed by atoms with Crippen LogP contribution in [0.15, 0.2) is 6.20 Å². The van der Waals surface area contributed by atoms with Crippen LogP contribution in [-0.4, -0.2) is 46.1 Å². The third kappa shape index (κ3) is 2.21. The van der Waals surface area contributed by atoms with E-state index in [1.807, 2.05) is 4.90 Å². The van der Waals surface area contributed by atoms with Gasteiger partial charge in [0.1, 0.15) is 11.3 Å². The van der Waals surface area contributed by atoms with Crippen LogP contribution in [0.3, 0.4) is 0 Å². The number of anilines is 1. The molecule has 1 unspecified atom stereocenters. The van der Waals surface area contributed by atoms with Crippen molar-refractivity contribution in [1.29, 1.82) is 0 Å². The number of ether oxygens (including phenoxy) is 1. The number of rotatable bonds is 1. The number of nitrogens with zero attached hydrogens (tertiary/aromatic N) is 4. The van der Waals surface area contributed by atoms with Crippen molar-refractivity contribution in [1.82, 2.24) is 15.0 Å². The topological polar surface area (TPSA) is 51.1 Å². The van der Waals surface area contributed by atoms with E-state index in [1.54, 1.807) is 0 Å². The molecule has 5 nitrogen and oxygen atoms in total. The Labute approximate surface area is 140 Å². The average Bonchev–Trinajstić information content (AvgIpc) is 3.18. The van der Waals surface area contributed by atoms with Gasteiger partial charge in [0, 0.05) is 18.7 Å². The minimum absolute atomic E-state index is 0.0193. The summed E-state index contributed by atoms with van der Waals surface area (Å²) < 4.78 is 19.7. The van der Waals surface area contributed by atoms with Gasteiger partial charge in [-0.25, -0.2) is 14.4 Å². The van der Waals surface area contributed by atoms with Crippen molar-refractivity contribution in [2.45, 2.75) is 11.4 Å². The lowest BCUT2D eigenvalue weighted by molar-refractivity contribution is 0.139. The Morgan fingerprint density at radius 2 is 2.14 bits per heavy atom. The fraction of sp³-hybridized carbons (Fsp3) is 0.462. The summed E-state index contributed by atoms with van der Waals surface area (Å²) in [5.41, 5.74) is 0.0588. The van der Waals surface area contributed by atoms with E-state index in [9.17, 15) is 4.39 Å². The highest BCUT2D eigenvalue weighted by Gasteiger charge is 2.54. The quantitative estimate of drug-likeness (QED) is 0.443. The van der Waals surface area contributed by atoms with E-state index >= 15 is 0 Å². The van der Waals surface area contributed by atoms with E-state index in [4.69, 9.17) is 39.5 Å². The summed E-state index contributed by atoms with van der Waals surface area (Å²) in [6, 6.07) is 0.0945. The molecule has 2 aliphatic rings. The van der Waals surface area contributed by atoms with E-state index in [1.165, 1.54) is 6.20 Å². The number of hydrogen-bond acceptors (Lipinski definition) is 5. The van der Waals surface area contributed by atoms with Crippen LogP contribution in [0, 0.1) is 11.7 Å². The molecule has 2 fully saturated rings. The van der Waals surface area contributed by atoms with Crippen molar-refractivity contribution in [3.05, 3.63) is 22.5 Å². The standard InChI is InChI=1S/C13H10Cl3FN4O/c14-7-6-4-22-2-1-21(10(6)7)12-5-3-18-11(15)8(17)9(5)19-13(16)20-12/h3,6-7,10H,1-2,4H2/t6-,7-,10?/m0/s1. The zero-order valence-corrected chi connectivity index (χ0v) is 13.4. The van der Waals surface area contributed by atoms with Crippen LogP contribution >= 0.6 is 34.8 Å². The van der Waals surface area contributed by atoms with Crippen LogP contribution in [0.4, 0.5) is 10.2 Å². The van der Waals surface area contributed by atoms with Gasteiger partial charge in [-0.15, -0.1) is 11.6 Å². The molecule has 0 aromatic carbocycles. The molecule has 4 rings (SSSR count). The van der Waals surface area contributed by atoms with Gasteiger partial charge in [0.15, 0.2) is 11.0 Å². The van der Waals surface area contributed by atoms with Gasteiger partial charge in [-0.3, -0.25) is 0 Å². The van der Waals surface area contributed by atoms with Crippen LogP contribution in [0.5, 0.6) is 0 Å². The fourth-order valence-electron chi connectivity index (χ4n) is 2.90. The lowest BCUT2D eigenvalue weighted by Gasteiger charge is -2.23. The largest absolute Gasteiger partial charge is 0.379 e. The van der Waals surface area contributed by atoms with Crippen molar-refractivity contribution in [2.24, 2.45) is 5.92 Å². The summed E-state index contributed by atoms with van der Waals surface area (Å²) in [5, 5.41) is 0.154. The Morgan fingerprint density at radius 1 is 1.32 bits per heavy atom. The Balaban J connectivity index is 1.89. The van der Waals surface area contributed by atoms with E-state index in [-0.39, 0.29) is 33.3 Å². The Morgan fingerprint density at radius 3 is 2.95 bits per heavy atom. The molecule has 0 amide bonds. The van der Waals surface area contributed by atoms with Crippen LogP contribution in [0.1, 0.15) is 0 Å². The van der Waals surface area contributed by atoms with Gasteiger partial charge < -0.3 is 9.64 Å². The van der Waals surface area contributed by atoms with Gasteiger partial charge in [-0.1, -0.05) is 11.6 Å². The van der Waals surface area contributed by atoms with E-state index < -0.39 is 5.82 Å². The first-order chi connectivity index (χ1) is 10.6. The highest BCUT2D eigenvalue weighted by Crippen LogP contribution is 2.45. The molecule has 3 atom stereocenters. The van der Waals surface area contributed by atoms with Crippen LogP contribution in [0.2, 0.25) is 10.4 Å². The number of aromatic nitrogens is 3. The van der Waals surface area contributed by atoms with Crippen molar-refractivity contribution in [2.75, 3.05) is 24.7 Å². The molecule has 0 N–H and O–H groups in total. The number of fused-ring (bicyclic) bond motifs is 2. The zero-order chi connectivity index (χ0) is 15.4. The summed E-state index contributed by atoms with van der Waals surface area (Å²) >= 11 is 18.0. The smallest absolute Gasteiger partial charge is 0.225 e. The first-order valence-electron chi connectivity index (χ1n) is 6.73. The lowest BCUT2D eigenvalue weighted by atomic mass is 10.2. The minimum atomic E-state index is -0.703. The van der Waals surface area contributed by atoms with Gasteiger partial charge >= 0.3 is 0 Å². The second-order valence-electron chi connectivity index (χ2n) is 5.31. The number of pyridine rings is 1. The predicted molar refractivity (Wildman–Crippen MR) is 82.4 cm³/mol. The van der Waals surface area contributed by atoms with Gasteiger partial charge in [-0.2, -0.15) is 4.98 Å². The molecule has 0 radical (unpaired) electrons. The first kappa shape index (κ1) is 14.6. The second kappa shape index (κ2) is 5.30. The molecule has 2 aromatic heterocycles. The van der Waals surface area contributed by atoms with Gasteiger partial charge in [0.05, 0.1) is 30.0 Å². The van der Waals surface area contributed by atoms with Gasteiger partial charge in [0.2, 0.25) is 5.28 Å². The van der Waals surface area contributed by atoms with E-state index in [2.05, 4.69) is 15.0 Å². The van der Waals surface area contributed by atoms with Gasteiger partial charge in [0.25, 0.3) is 0 Å². The molecule has 116 valence electrons. The predicted octanol–water partition coefficient (Wildman–Crippen LogP) is 2.91. The summed E-state index contributed by atoms with van der Waals surface area (Å²) in [6.45, 7) is 1.75. The molecule has 22 heavy (non-hydrogen) atoms. The van der Waals surface area contributed by atoms with Gasteiger partial charge in [-0.05, 0) is 11.6 Å². The third-order valence-corrected chi connectivity index (χ3v) is 5.06. The lowest BCUT2D eigenvalue weighted by Crippen LogP contribution is -2.31. The molecule has 1 saturated heterocycles. The first-order valence-corrected chi connectivity index (χ1v) is 7.93. The van der Waals surface area contributed by atoms with Crippen LogP contribution in [0.25, 0.3) is 10.9 Å². The molecule has 3 heterocycles. The summed E-state index contributed by atoms with van der Waals surface area (Å²) in [7, 11) is 0. The third-order valence-electron chi connectivity index (χ3n) is 4.05. The van der Waals surface area contributed by atoms with Crippen LogP contribution in [-0.2, 0) is 4.74 Å². The zero-order valence-electron chi connectivity index (χ0n) is 11.1. The minimum Gasteiger partial charge on any atom is -0.379 e. The number of halogens is 4. The Kier molecular flexibility index (Phi) is 3.52. The molecule has 1 aliphatic carbocycles. The number of hydrogen-bond donors (Lipinski definition) is 0. The number of alkyl halides is 1. The summed E-state index contributed by atoms with van der Waals surface area (Å²) in [6.07, 6.45) is 1.46. The average molecular weight is 364 g/mol. The second-order valence-corrected chi connectivity index (χ2v) is 6.51. The summed E-state index contributed by atoms with van der Waals surface area (Å²) in [5.74, 6) is 0.0466. The summed E-state index contributed by atoms with van der Waals surface area (Å²) in [4.78, 5) is 14.1. The Hall–Kier alpha value is -0.950. The van der Waals surface area contributed by atoms with E-state index in [0.717, 1.165) is 0 Å². The molecule has 1 saturated carbocycles. The maximum Gasteiger partial charge on any atom is 0.225 e. The molecule has 9 heteroatoms. The highest BCUT2D eigenvalue weighted by molar-refractivity contribution is 6.31. The maximum absolute atomic E-state index is 14.2. The van der Waals surface area contributed by atoms with Crippen molar-refractivity contribution in [3.8, 4) is 0 Å².